The van der Waals surface area contributed by atoms with Crippen LogP contribution in [0.15, 0.2) is 0 Å². The molecule has 0 radical (unpaired) electrons. The quantitative estimate of drug-likeness (QED) is 0.531. The molecule has 0 amide bonds. The molecule has 1 atom stereocenters. The lowest BCUT2D eigenvalue weighted by Crippen LogP contribution is -1.81. The second-order valence-electron chi connectivity index (χ2n) is 1.22. The molecule has 0 bridgehead atoms. The van der Waals surface area contributed by atoms with E-state index in [0.717, 1.165) is 6.42 Å². The molecule has 0 aromatic heterocycles. The van der Waals surface area contributed by atoms with Gasteiger partial charge in [0.25, 0.3) is 0 Å². The molecule has 0 aromatic carbocycles. The van der Waals surface area contributed by atoms with Gasteiger partial charge in [0.1, 0.15) is 7.95 Å². The first-order valence-corrected chi connectivity index (χ1v) is 3.75. The summed E-state index contributed by atoms with van der Waals surface area (Å²) in [6.45, 7) is 1.97. The minimum absolute atomic E-state index is 0.699. The fourth-order valence-electron chi connectivity index (χ4n) is 0.246. The third-order valence-electron chi connectivity index (χ3n) is 0.496. The third kappa shape index (κ3) is 4.19. The van der Waals surface area contributed by atoms with Crippen molar-refractivity contribution >= 4 is 7.95 Å². The van der Waals surface area contributed by atoms with Crippen molar-refractivity contribution in [3.05, 3.63) is 0 Å². The van der Waals surface area contributed by atoms with Crippen molar-refractivity contribution in [2.75, 3.05) is 6.16 Å². The van der Waals surface area contributed by atoms with Crippen molar-refractivity contribution in [3.8, 4) is 0 Å². The molecule has 0 fully saturated rings. The Hall–Kier alpha value is 0.190. The number of hydrogen-bond acceptors (Lipinski definition) is 1. The summed E-state index contributed by atoms with van der Waals surface area (Å²) < 4.78 is 10.0. The summed E-state index contributed by atoms with van der Waals surface area (Å²) in [5.74, 6) is 0. The molecule has 0 aliphatic carbocycles. The molecule has 0 aliphatic rings. The van der Waals surface area contributed by atoms with Crippen LogP contribution in [0.3, 0.4) is 0 Å². The highest BCUT2D eigenvalue weighted by Crippen LogP contribution is 2.06. The van der Waals surface area contributed by atoms with Crippen LogP contribution in [-0.4, -0.2) is 6.16 Å². The van der Waals surface area contributed by atoms with E-state index in [1.807, 2.05) is 6.92 Å². The molecule has 0 saturated heterocycles. The zero-order valence-electron chi connectivity index (χ0n) is 3.90. The lowest BCUT2D eigenvalue weighted by atomic mass is 10.6. The molecular weight excluding hydrogens is 97.0 g/mol. The fourth-order valence-corrected chi connectivity index (χ4v) is 0.739. The largest absolute Gasteiger partial charge is 0.310 e. The van der Waals surface area contributed by atoms with E-state index in [0.29, 0.717) is 6.16 Å². The first kappa shape index (κ1) is 6.19. The molecule has 0 rings (SSSR count). The predicted octanol–water partition coefficient (Wildman–Crippen LogP) is 0.830. The maximum Gasteiger partial charge on any atom is 0.133 e. The van der Waals surface area contributed by atoms with Crippen molar-refractivity contribution in [3.63, 3.8) is 0 Å². The first-order chi connectivity index (χ1) is 2.77. The van der Waals surface area contributed by atoms with Gasteiger partial charge in [0, 0.05) is 6.16 Å². The molecule has 3 heteroatoms. The van der Waals surface area contributed by atoms with Crippen LogP contribution in [0.4, 0.5) is 0 Å². The summed E-state index contributed by atoms with van der Waals surface area (Å²) in [6.07, 6.45) is 1.64. The maximum absolute atomic E-state index is 10.0. The highest BCUT2D eigenvalue weighted by Gasteiger charge is 1.81. The monoisotopic (exact) mass is 107 g/mol. The van der Waals surface area contributed by atoms with Crippen LogP contribution in [0.1, 0.15) is 13.3 Å². The van der Waals surface area contributed by atoms with Gasteiger partial charge in [0.2, 0.25) is 0 Å². The highest BCUT2D eigenvalue weighted by atomic mass is 31.1. The maximum atomic E-state index is 10.0. The van der Waals surface area contributed by atoms with Crippen LogP contribution in [0.25, 0.3) is 0 Å². The van der Waals surface area contributed by atoms with Gasteiger partial charge >= 0.3 is 0 Å². The first-order valence-electron chi connectivity index (χ1n) is 2.05. The van der Waals surface area contributed by atoms with Crippen LogP contribution in [0.5, 0.6) is 0 Å². The molecule has 2 N–H and O–H groups in total. The standard InChI is InChI=1S/C3H10NOP/c1-2-3-6(4)5/h6H,2-3H2,1H3,(H2,4,5). The molecule has 2 nitrogen and oxygen atoms in total. The summed E-state index contributed by atoms with van der Waals surface area (Å²) in [5.41, 5.74) is 4.95. The van der Waals surface area contributed by atoms with Crippen LogP contribution in [-0.2, 0) is 4.57 Å². The van der Waals surface area contributed by atoms with E-state index >= 15 is 0 Å². The Morgan fingerprint density at radius 3 is 2.33 bits per heavy atom. The lowest BCUT2D eigenvalue weighted by Gasteiger charge is -1.83. The van der Waals surface area contributed by atoms with E-state index in [1.54, 1.807) is 0 Å². The summed E-state index contributed by atoms with van der Waals surface area (Å²) >= 11 is 0. The van der Waals surface area contributed by atoms with Gasteiger partial charge < -0.3 is 4.57 Å². The second kappa shape index (κ2) is 3.38. The minimum atomic E-state index is -1.64. The van der Waals surface area contributed by atoms with Crippen LogP contribution in [0.2, 0.25) is 0 Å². The molecule has 38 valence electrons. The summed E-state index contributed by atoms with van der Waals surface area (Å²) in [4.78, 5) is 0. The number of hydrogen-bond donors (Lipinski definition) is 1. The smallest absolute Gasteiger partial charge is 0.133 e. The Balaban J connectivity index is 2.83. The average Bonchev–Trinajstić information content (AvgIpc) is 1.35. The van der Waals surface area contributed by atoms with Gasteiger partial charge in [0.05, 0.1) is 0 Å². The second-order valence-corrected chi connectivity index (χ2v) is 2.65. The Bertz CT molecular complexity index is 54.8. The Morgan fingerprint density at radius 1 is 1.83 bits per heavy atom. The number of nitrogens with two attached hydrogens (primary N) is 1. The van der Waals surface area contributed by atoms with Gasteiger partial charge in [-0.2, -0.15) is 0 Å². The molecule has 6 heavy (non-hydrogen) atoms. The van der Waals surface area contributed by atoms with Crippen molar-refractivity contribution in [1.29, 1.82) is 0 Å². The Kier molecular flexibility index (Phi) is 3.49. The molecular formula is C3H10NOP. The van der Waals surface area contributed by atoms with E-state index in [1.165, 1.54) is 0 Å². The SMILES string of the molecule is CCC[PH](N)=O. The summed E-state index contributed by atoms with van der Waals surface area (Å²) in [7, 11) is -1.64. The van der Waals surface area contributed by atoms with E-state index in [-0.39, 0.29) is 0 Å². The molecule has 0 heterocycles. The molecule has 0 aliphatic heterocycles. The van der Waals surface area contributed by atoms with Gasteiger partial charge in [0.15, 0.2) is 0 Å². The number of rotatable bonds is 2. The third-order valence-corrected chi connectivity index (χ3v) is 1.49. The van der Waals surface area contributed by atoms with E-state index in [4.69, 9.17) is 5.50 Å². The highest BCUT2D eigenvalue weighted by molar-refractivity contribution is 7.41. The van der Waals surface area contributed by atoms with E-state index < -0.39 is 7.95 Å². The molecule has 1 unspecified atom stereocenters. The normalized spacial score (nSPS) is 14.3. The fraction of sp³-hybridized carbons (Fsp3) is 1.00. The molecule has 0 aromatic rings. The topological polar surface area (TPSA) is 43.1 Å². The van der Waals surface area contributed by atoms with Gasteiger partial charge in [-0.05, 0) is 6.42 Å². The van der Waals surface area contributed by atoms with E-state index in [9.17, 15) is 4.57 Å². The zero-order chi connectivity index (χ0) is 4.99. The van der Waals surface area contributed by atoms with Crippen molar-refractivity contribution < 1.29 is 4.57 Å². The Labute approximate surface area is 38.6 Å². The molecule has 0 saturated carbocycles. The van der Waals surface area contributed by atoms with Gasteiger partial charge in [-0.15, -0.1) is 0 Å². The van der Waals surface area contributed by atoms with Crippen LogP contribution >= 0.6 is 7.95 Å². The van der Waals surface area contributed by atoms with Gasteiger partial charge in [-0.3, -0.25) is 5.50 Å². The van der Waals surface area contributed by atoms with Crippen LogP contribution in [0, 0.1) is 0 Å². The van der Waals surface area contributed by atoms with Crippen molar-refractivity contribution in [2.24, 2.45) is 5.50 Å². The Morgan fingerprint density at radius 2 is 2.33 bits per heavy atom. The summed E-state index contributed by atoms with van der Waals surface area (Å²) in [6, 6.07) is 0. The predicted molar refractivity (Wildman–Crippen MR) is 28.3 cm³/mol. The molecule has 0 spiro atoms. The van der Waals surface area contributed by atoms with Gasteiger partial charge in [-0.25, -0.2) is 0 Å². The van der Waals surface area contributed by atoms with Crippen molar-refractivity contribution in [1.82, 2.24) is 0 Å². The minimum Gasteiger partial charge on any atom is -0.310 e. The van der Waals surface area contributed by atoms with E-state index in [2.05, 4.69) is 0 Å². The van der Waals surface area contributed by atoms with Crippen molar-refractivity contribution in [2.45, 2.75) is 13.3 Å². The lowest BCUT2D eigenvalue weighted by molar-refractivity contribution is 0.588. The zero-order valence-corrected chi connectivity index (χ0v) is 4.90. The average molecular weight is 107 g/mol. The summed E-state index contributed by atoms with van der Waals surface area (Å²) in [5, 5.41) is 0. The van der Waals surface area contributed by atoms with Gasteiger partial charge in [-0.1, -0.05) is 6.92 Å². The van der Waals surface area contributed by atoms with Crippen LogP contribution < -0.4 is 5.50 Å².